The molecule has 7 heteroatoms. The summed E-state index contributed by atoms with van der Waals surface area (Å²) in [6.45, 7) is 0.534. The highest BCUT2D eigenvalue weighted by Gasteiger charge is 2.27. The topological polar surface area (TPSA) is 65.4 Å². The van der Waals surface area contributed by atoms with Gasteiger partial charge in [-0.1, -0.05) is 0 Å². The van der Waals surface area contributed by atoms with E-state index >= 15 is 0 Å². The fraction of sp³-hybridized carbons (Fsp3) is 0.412. The number of halogens is 1. The fourth-order valence-electron chi connectivity index (χ4n) is 2.88. The van der Waals surface area contributed by atoms with E-state index in [1.807, 2.05) is 11.6 Å². The predicted molar refractivity (Wildman–Crippen MR) is 85.3 cm³/mol. The van der Waals surface area contributed by atoms with Gasteiger partial charge in [-0.15, -0.1) is 0 Å². The van der Waals surface area contributed by atoms with Crippen molar-refractivity contribution in [1.82, 2.24) is 14.9 Å². The Morgan fingerprint density at radius 1 is 1.50 bits per heavy atom. The average Bonchev–Trinajstić information content (AvgIpc) is 3.01. The van der Waals surface area contributed by atoms with E-state index in [9.17, 15) is 9.18 Å². The predicted octanol–water partition coefficient (Wildman–Crippen LogP) is 2.22. The van der Waals surface area contributed by atoms with E-state index in [1.165, 1.54) is 19.2 Å². The van der Waals surface area contributed by atoms with Crippen LogP contribution >= 0.6 is 0 Å². The molecule has 0 bridgehead atoms. The van der Waals surface area contributed by atoms with Gasteiger partial charge in [-0.05, 0) is 25.0 Å². The number of aryl methyl sites for hydroxylation is 1. The van der Waals surface area contributed by atoms with Gasteiger partial charge in [0, 0.05) is 25.8 Å². The zero-order valence-corrected chi connectivity index (χ0v) is 13.7. The monoisotopic (exact) mass is 333 g/mol. The van der Waals surface area contributed by atoms with Gasteiger partial charge in [-0.25, -0.2) is 9.37 Å². The third kappa shape index (κ3) is 3.41. The van der Waals surface area contributed by atoms with E-state index in [1.54, 1.807) is 18.6 Å². The molecule has 1 N–H and O–H groups in total. The van der Waals surface area contributed by atoms with Gasteiger partial charge in [0.1, 0.15) is 17.7 Å². The number of amides is 1. The van der Waals surface area contributed by atoms with Gasteiger partial charge in [0.25, 0.3) is 5.91 Å². The molecule has 0 spiro atoms. The Kier molecular flexibility index (Phi) is 4.80. The summed E-state index contributed by atoms with van der Waals surface area (Å²) in [5.41, 5.74) is 0.976. The van der Waals surface area contributed by atoms with Crippen LogP contribution in [-0.2, 0) is 11.8 Å². The second-order valence-electron chi connectivity index (χ2n) is 5.83. The molecular weight excluding hydrogens is 313 g/mol. The number of hydrogen-bond acceptors (Lipinski definition) is 4. The standard InChI is InChI=1S/C17H20FN3O3/c1-21-10-19-9-15(21)16-7-11(5-6-24-16)20-17(22)13-4-3-12(23-2)8-14(13)18/h3-4,8-11,16H,5-7H2,1-2H3,(H,20,22)/t11-,16+/m1/s1. The lowest BCUT2D eigenvalue weighted by molar-refractivity contribution is -0.00303. The average molecular weight is 333 g/mol. The van der Waals surface area contributed by atoms with Crippen LogP contribution < -0.4 is 10.1 Å². The number of carbonyl (C=O) groups is 1. The van der Waals surface area contributed by atoms with Crippen molar-refractivity contribution < 1.29 is 18.7 Å². The van der Waals surface area contributed by atoms with Gasteiger partial charge in [0.2, 0.25) is 0 Å². The minimum Gasteiger partial charge on any atom is -0.497 e. The van der Waals surface area contributed by atoms with Crippen LogP contribution in [0.3, 0.4) is 0 Å². The molecular formula is C17H20FN3O3. The number of carbonyl (C=O) groups excluding carboxylic acids is 1. The molecule has 0 aliphatic carbocycles. The lowest BCUT2D eigenvalue weighted by Crippen LogP contribution is -2.40. The Balaban J connectivity index is 1.67. The van der Waals surface area contributed by atoms with Crippen molar-refractivity contribution in [2.75, 3.05) is 13.7 Å². The molecule has 0 radical (unpaired) electrons. The van der Waals surface area contributed by atoms with Crippen LogP contribution in [0.15, 0.2) is 30.7 Å². The highest BCUT2D eigenvalue weighted by Crippen LogP contribution is 2.28. The quantitative estimate of drug-likeness (QED) is 0.932. The molecule has 1 amide bonds. The number of imidazole rings is 1. The molecule has 2 atom stereocenters. The molecule has 1 aliphatic heterocycles. The molecule has 2 heterocycles. The van der Waals surface area contributed by atoms with Crippen molar-refractivity contribution in [2.45, 2.75) is 25.0 Å². The number of aromatic nitrogens is 2. The molecule has 6 nitrogen and oxygen atoms in total. The van der Waals surface area contributed by atoms with Gasteiger partial charge in [-0.3, -0.25) is 4.79 Å². The molecule has 1 aromatic heterocycles. The third-order valence-electron chi connectivity index (χ3n) is 4.22. The molecule has 24 heavy (non-hydrogen) atoms. The Bertz CT molecular complexity index is 732. The molecule has 1 fully saturated rings. The molecule has 2 aromatic rings. The maximum absolute atomic E-state index is 14.0. The summed E-state index contributed by atoms with van der Waals surface area (Å²) >= 11 is 0. The maximum Gasteiger partial charge on any atom is 0.254 e. The Labute approximate surface area is 139 Å². The van der Waals surface area contributed by atoms with Crippen molar-refractivity contribution in [3.63, 3.8) is 0 Å². The number of hydrogen-bond donors (Lipinski definition) is 1. The van der Waals surface area contributed by atoms with Gasteiger partial charge in [0.05, 0.1) is 30.9 Å². The summed E-state index contributed by atoms with van der Waals surface area (Å²) in [6.07, 6.45) is 4.67. The molecule has 0 unspecified atom stereocenters. The minimum atomic E-state index is -0.595. The van der Waals surface area contributed by atoms with Crippen molar-refractivity contribution >= 4 is 5.91 Å². The molecule has 0 saturated carbocycles. The summed E-state index contributed by atoms with van der Waals surface area (Å²) < 4.78 is 26.6. The van der Waals surface area contributed by atoms with Crippen LogP contribution in [0, 0.1) is 5.82 Å². The van der Waals surface area contributed by atoms with Crippen LogP contribution in [0.25, 0.3) is 0 Å². The van der Waals surface area contributed by atoms with E-state index in [4.69, 9.17) is 9.47 Å². The Morgan fingerprint density at radius 2 is 2.33 bits per heavy atom. The summed E-state index contributed by atoms with van der Waals surface area (Å²) in [5, 5.41) is 2.90. The van der Waals surface area contributed by atoms with E-state index in [2.05, 4.69) is 10.3 Å². The first kappa shape index (κ1) is 16.4. The smallest absolute Gasteiger partial charge is 0.254 e. The third-order valence-corrected chi connectivity index (χ3v) is 4.22. The highest BCUT2D eigenvalue weighted by atomic mass is 19.1. The van der Waals surface area contributed by atoms with E-state index in [0.29, 0.717) is 25.2 Å². The van der Waals surface area contributed by atoms with Crippen molar-refractivity contribution in [3.8, 4) is 5.75 Å². The first-order valence-corrected chi connectivity index (χ1v) is 7.80. The molecule has 3 rings (SSSR count). The second-order valence-corrected chi connectivity index (χ2v) is 5.83. The first-order chi connectivity index (χ1) is 11.6. The molecule has 1 aliphatic rings. The molecule has 128 valence electrons. The van der Waals surface area contributed by atoms with E-state index in [-0.39, 0.29) is 17.7 Å². The van der Waals surface area contributed by atoms with Crippen LogP contribution in [0.5, 0.6) is 5.75 Å². The lowest BCUT2D eigenvalue weighted by Gasteiger charge is -2.30. The summed E-state index contributed by atoms with van der Waals surface area (Å²) in [5.74, 6) is -0.640. The maximum atomic E-state index is 14.0. The van der Waals surface area contributed by atoms with Crippen LogP contribution in [0.4, 0.5) is 4.39 Å². The summed E-state index contributed by atoms with van der Waals surface area (Å²) in [4.78, 5) is 16.4. The minimum absolute atomic E-state index is 0.0133. The van der Waals surface area contributed by atoms with E-state index < -0.39 is 11.7 Å². The van der Waals surface area contributed by atoms with Gasteiger partial charge >= 0.3 is 0 Å². The van der Waals surface area contributed by atoms with Gasteiger partial charge in [0.15, 0.2) is 0 Å². The lowest BCUT2D eigenvalue weighted by atomic mass is 10.0. The summed E-state index contributed by atoms with van der Waals surface area (Å²) in [6, 6.07) is 4.13. The highest BCUT2D eigenvalue weighted by molar-refractivity contribution is 5.94. The first-order valence-electron chi connectivity index (χ1n) is 7.80. The van der Waals surface area contributed by atoms with Crippen molar-refractivity contribution in [3.05, 3.63) is 47.8 Å². The van der Waals surface area contributed by atoms with Crippen molar-refractivity contribution in [2.24, 2.45) is 7.05 Å². The van der Waals surface area contributed by atoms with Crippen LogP contribution in [0.2, 0.25) is 0 Å². The zero-order valence-electron chi connectivity index (χ0n) is 13.7. The number of ether oxygens (including phenoxy) is 2. The fourth-order valence-corrected chi connectivity index (χ4v) is 2.88. The number of nitrogens with zero attached hydrogens (tertiary/aromatic N) is 2. The number of rotatable bonds is 4. The normalized spacial score (nSPS) is 20.6. The molecule has 1 aromatic carbocycles. The van der Waals surface area contributed by atoms with E-state index in [0.717, 1.165) is 5.69 Å². The van der Waals surface area contributed by atoms with Crippen LogP contribution in [0.1, 0.15) is 35.0 Å². The second kappa shape index (κ2) is 7.00. The van der Waals surface area contributed by atoms with Crippen molar-refractivity contribution in [1.29, 1.82) is 0 Å². The van der Waals surface area contributed by atoms with Crippen LogP contribution in [-0.4, -0.2) is 35.2 Å². The zero-order chi connectivity index (χ0) is 17.1. The number of nitrogens with one attached hydrogen (secondary N) is 1. The molecule has 1 saturated heterocycles. The number of benzene rings is 1. The SMILES string of the molecule is COc1ccc(C(=O)N[C@@H]2CCO[C@H](c3cncn3C)C2)c(F)c1. The van der Waals surface area contributed by atoms with Gasteiger partial charge < -0.3 is 19.4 Å². The summed E-state index contributed by atoms with van der Waals surface area (Å²) in [7, 11) is 3.36. The Morgan fingerprint density at radius 3 is 3.00 bits per heavy atom. The van der Waals surface area contributed by atoms with Gasteiger partial charge in [-0.2, -0.15) is 0 Å². The Hall–Kier alpha value is -2.41. The largest absolute Gasteiger partial charge is 0.497 e. The number of methoxy groups -OCH3 is 1.